The largest absolute Gasteiger partial charge is 0.384 e. The molecule has 0 aromatic heterocycles. The van der Waals surface area contributed by atoms with Gasteiger partial charge >= 0.3 is 0 Å². The summed E-state index contributed by atoms with van der Waals surface area (Å²) >= 11 is 0. The van der Waals surface area contributed by atoms with Crippen LogP contribution in [0.3, 0.4) is 0 Å². The van der Waals surface area contributed by atoms with E-state index in [1.165, 1.54) is 42.4 Å². The maximum Gasteiger partial charge on any atom is 0.193 e. The average molecular weight is 429 g/mol. The highest BCUT2D eigenvalue weighted by Gasteiger charge is 2.24. The van der Waals surface area contributed by atoms with Crippen LogP contribution in [0.25, 0.3) is 0 Å². The van der Waals surface area contributed by atoms with Crippen molar-refractivity contribution in [1.29, 1.82) is 0 Å². The summed E-state index contributed by atoms with van der Waals surface area (Å²) in [6.45, 7) is 3.80. The lowest BCUT2D eigenvalue weighted by molar-refractivity contribution is 0.157. The molecule has 1 heterocycles. The van der Waals surface area contributed by atoms with Gasteiger partial charge < -0.3 is 15.0 Å². The van der Waals surface area contributed by atoms with E-state index in [2.05, 4.69) is 33.4 Å². The molecule has 0 radical (unpaired) electrons. The van der Waals surface area contributed by atoms with Crippen LogP contribution in [0.5, 0.6) is 0 Å². The van der Waals surface area contributed by atoms with Crippen LogP contribution in [-0.2, 0) is 24.1 Å². The molecule has 5 heteroatoms. The molecule has 0 saturated carbocycles. The molecule has 0 amide bonds. The van der Waals surface area contributed by atoms with Gasteiger partial charge in [-0.15, -0.1) is 24.0 Å². The maximum atomic E-state index is 5.27. The van der Waals surface area contributed by atoms with E-state index in [0.717, 1.165) is 32.2 Å². The topological polar surface area (TPSA) is 36.9 Å². The molecule has 23 heavy (non-hydrogen) atoms. The Bertz CT molecular complexity index is 547. The van der Waals surface area contributed by atoms with Crippen LogP contribution < -0.4 is 5.32 Å². The Balaban J connectivity index is 0.00000192. The van der Waals surface area contributed by atoms with E-state index in [4.69, 9.17) is 4.74 Å². The summed E-state index contributed by atoms with van der Waals surface area (Å²) < 4.78 is 5.27. The zero-order valence-electron chi connectivity index (χ0n) is 14.2. The molecule has 4 nitrogen and oxygen atoms in total. The number of likely N-dealkylation sites (tertiary alicyclic amines) is 1. The lowest BCUT2D eigenvalue weighted by atomic mass is 10.1. The maximum absolute atomic E-state index is 5.27. The summed E-state index contributed by atoms with van der Waals surface area (Å²) in [5, 5.41) is 3.52. The molecular formula is C18H28IN3O. The Morgan fingerprint density at radius 3 is 2.96 bits per heavy atom. The number of benzene rings is 1. The molecule has 1 aromatic carbocycles. The second-order valence-corrected chi connectivity index (χ2v) is 6.41. The average Bonchev–Trinajstić information content (AvgIpc) is 3.17. The molecule has 1 atom stereocenters. The summed E-state index contributed by atoms with van der Waals surface area (Å²) in [6.07, 6.45) is 4.98. The molecule has 1 unspecified atom stereocenters. The molecule has 0 spiro atoms. The lowest BCUT2D eigenvalue weighted by Gasteiger charge is -2.22. The molecule has 1 aliphatic carbocycles. The fraction of sp³-hybridized carbons (Fsp3) is 0.611. The number of guanidine groups is 1. The predicted molar refractivity (Wildman–Crippen MR) is 106 cm³/mol. The van der Waals surface area contributed by atoms with E-state index >= 15 is 0 Å². The minimum atomic E-state index is 0. The Kier molecular flexibility index (Phi) is 7.14. The van der Waals surface area contributed by atoms with Crippen LogP contribution in [-0.4, -0.2) is 44.7 Å². The van der Waals surface area contributed by atoms with Gasteiger partial charge in [-0.1, -0.05) is 18.2 Å². The quantitative estimate of drug-likeness (QED) is 0.455. The number of hydrogen-bond acceptors (Lipinski definition) is 2. The van der Waals surface area contributed by atoms with E-state index in [1.807, 2.05) is 7.05 Å². The van der Waals surface area contributed by atoms with Crippen LogP contribution in [0.2, 0.25) is 0 Å². The normalized spacial score (nSPS) is 20.3. The zero-order chi connectivity index (χ0) is 15.4. The first-order chi connectivity index (χ1) is 10.8. The molecule has 0 bridgehead atoms. The number of aryl methyl sites for hydroxylation is 2. The van der Waals surface area contributed by atoms with Gasteiger partial charge in [-0.2, -0.15) is 0 Å². The number of nitrogens with one attached hydrogen (secondary N) is 1. The van der Waals surface area contributed by atoms with E-state index in [1.54, 1.807) is 7.11 Å². The molecule has 1 fully saturated rings. The molecular weight excluding hydrogens is 401 g/mol. The van der Waals surface area contributed by atoms with E-state index in [-0.39, 0.29) is 24.0 Å². The second kappa shape index (κ2) is 8.87. The Morgan fingerprint density at radius 1 is 1.35 bits per heavy atom. The summed E-state index contributed by atoms with van der Waals surface area (Å²) in [6, 6.07) is 6.91. The monoisotopic (exact) mass is 429 g/mol. The van der Waals surface area contributed by atoms with Crippen molar-refractivity contribution in [2.45, 2.75) is 32.2 Å². The first-order valence-corrected chi connectivity index (χ1v) is 8.35. The molecule has 1 aromatic rings. The van der Waals surface area contributed by atoms with Gasteiger partial charge in [0.15, 0.2) is 5.96 Å². The third kappa shape index (κ3) is 4.59. The van der Waals surface area contributed by atoms with Crippen molar-refractivity contribution in [1.82, 2.24) is 10.2 Å². The van der Waals surface area contributed by atoms with Crippen LogP contribution >= 0.6 is 24.0 Å². The van der Waals surface area contributed by atoms with Crippen molar-refractivity contribution in [3.8, 4) is 0 Å². The number of nitrogens with zero attached hydrogens (tertiary/aromatic N) is 2. The number of hydrogen-bond donors (Lipinski definition) is 1. The number of rotatable bonds is 4. The highest BCUT2D eigenvalue weighted by atomic mass is 127. The van der Waals surface area contributed by atoms with Gasteiger partial charge in [0.1, 0.15) is 0 Å². The summed E-state index contributed by atoms with van der Waals surface area (Å²) in [4.78, 5) is 6.79. The summed E-state index contributed by atoms with van der Waals surface area (Å²) in [5.41, 5.74) is 4.43. The highest BCUT2D eigenvalue weighted by molar-refractivity contribution is 14.0. The number of methoxy groups -OCH3 is 1. The van der Waals surface area contributed by atoms with Gasteiger partial charge in [0, 0.05) is 39.7 Å². The van der Waals surface area contributed by atoms with Crippen LogP contribution in [0.15, 0.2) is 23.2 Å². The molecule has 2 aliphatic rings. The molecule has 1 aliphatic heterocycles. The predicted octanol–water partition coefficient (Wildman–Crippen LogP) is 2.84. The summed E-state index contributed by atoms with van der Waals surface area (Å²) in [7, 11) is 3.65. The minimum absolute atomic E-state index is 0. The van der Waals surface area contributed by atoms with Gasteiger partial charge in [-0.3, -0.25) is 4.99 Å². The third-order valence-corrected chi connectivity index (χ3v) is 4.81. The number of fused-ring (bicyclic) bond motifs is 1. The van der Waals surface area contributed by atoms with Gasteiger partial charge in [0.05, 0.1) is 6.61 Å². The Hall–Kier alpha value is -0.820. The van der Waals surface area contributed by atoms with Gasteiger partial charge in [0.2, 0.25) is 0 Å². The van der Waals surface area contributed by atoms with Crippen molar-refractivity contribution in [2.75, 3.05) is 33.9 Å². The van der Waals surface area contributed by atoms with Crippen molar-refractivity contribution in [3.63, 3.8) is 0 Å². The first kappa shape index (κ1) is 18.5. The minimum Gasteiger partial charge on any atom is -0.384 e. The second-order valence-electron chi connectivity index (χ2n) is 6.41. The van der Waals surface area contributed by atoms with E-state index in [9.17, 15) is 0 Å². The zero-order valence-corrected chi connectivity index (χ0v) is 16.5. The number of ether oxygens (including phenoxy) is 1. The summed E-state index contributed by atoms with van der Waals surface area (Å²) in [5.74, 6) is 1.64. The van der Waals surface area contributed by atoms with Gasteiger partial charge in [0.25, 0.3) is 0 Å². The van der Waals surface area contributed by atoms with Crippen molar-refractivity contribution >= 4 is 29.9 Å². The number of halogens is 1. The third-order valence-electron chi connectivity index (χ3n) is 4.81. The van der Waals surface area contributed by atoms with Crippen LogP contribution in [0.4, 0.5) is 0 Å². The molecule has 1 saturated heterocycles. The van der Waals surface area contributed by atoms with Gasteiger partial charge in [-0.25, -0.2) is 0 Å². The van der Waals surface area contributed by atoms with Gasteiger partial charge in [-0.05, 0) is 42.4 Å². The van der Waals surface area contributed by atoms with Crippen LogP contribution in [0, 0.1) is 5.92 Å². The Morgan fingerprint density at radius 2 is 2.17 bits per heavy atom. The number of aliphatic imine (C=N–C) groups is 1. The SMILES string of the molecule is CN=C(NCc1ccc2c(c1)CCC2)N1CCC(COC)C1.I. The smallest absolute Gasteiger partial charge is 0.193 e. The standard InChI is InChI=1S/C18H27N3O.HI/c1-19-18(21-9-8-15(12-21)13-22-2)20-11-14-6-7-16-4-3-5-17(16)10-14;/h6-7,10,15H,3-5,8-9,11-13H2,1-2H3,(H,19,20);1H. The fourth-order valence-corrected chi connectivity index (χ4v) is 3.65. The lowest BCUT2D eigenvalue weighted by Crippen LogP contribution is -2.39. The van der Waals surface area contributed by atoms with E-state index in [0.29, 0.717) is 5.92 Å². The van der Waals surface area contributed by atoms with Crippen molar-refractivity contribution in [3.05, 3.63) is 34.9 Å². The molecule has 1 N–H and O–H groups in total. The fourth-order valence-electron chi connectivity index (χ4n) is 3.65. The Labute approximate surface area is 156 Å². The van der Waals surface area contributed by atoms with Crippen LogP contribution in [0.1, 0.15) is 29.5 Å². The molecule has 3 rings (SSSR count). The highest BCUT2D eigenvalue weighted by Crippen LogP contribution is 2.23. The van der Waals surface area contributed by atoms with E-state index < -0.39 is 0 Å². The van der Waals surface area contributed by atoms with Crippen molar-refractivity contribution < 1.29 is 4.74 Å². The van der Waals surface area contributed by atoms with Crippen molar-refractivity contribution in [2.24, 2.45) is 10.9 Å². The molecule has 128 valence electrons. The first-order valence-electron chi connectivity index (χ1n) is 8.35.